The van der Waals surface area contributed by atoms with Crippen LogP contribution in [0.4, 0.5) is 5.82 Å². The summed E-state index contributed by atoms with van der Waals surface area (Å²) < 4.78 is 7.71. The molecule has 4 heterocycles. The zero-order valence-corrected chi connectivity index (χ0v) is 26.4. The summed E-state index contributed by atoms with van der Waals surface area (Å²) in [5.74, 6) is 0.571. The number of aryl methyl sites for hydroxylation is 2. The second-order valence-electron chi connectivity index (χ2n) is 11.9. The first-order chi connectivity index (χ1) is 20.5. The number of methoxy groups -OCH3 is 1. The van der Waals surface area contributed by atoms with E-state index in [2.05, 4.69) is 43.1 Å². The molecule has 222 valence electrons. The number of hydrogen-bond donors (Lipinski definition) is 1. The van der Waals surface area contributed by atoms with Gasteiger partial charge in [-0.05, 0) is 84.3 Å². The number of likely N-dealkylation sites (tertiary alicyclic amines) is 1. The highest BCUT2D eigenvalue weighted by atomic mass is 79.9. The second kappa shape index (κ2) is 10.9. The predicted molar refractivity (Wildman–Crippen MR) is 165 cm³/mol. The molecule has 0 radical (unpaired) electrons. The second-order valence-corrected chi connectivity index (χ2v) is 12.7. The predicted octanol–water partition coefficient (Wildman–Crippen LogP) is 5.24. The van der Waals surface area contributed by atoms with Gasteiger partial charge in [0.05, 0.1) is 12.1 Å². The number of Topliss-reactive ketones (excluding diaryl/α,β-unsaturated/α-hetero) is 1. The normalized spacial score (nSPS) is 20.7. The number of carbonyl (C=O) groups is 3. The van der Waals surface area contributed by atoms with Crippen molar-refractivity contribution in [3.63, 3.8) is 0 Å². The van der Waals surface area contributed by atoms with Crippen LogP contribution in [-0.4, -0.2) is 61.2 Å². The van der Waals surface area contributed by atoms with E-state index >= 15 is 0 Å². The van der Waals surface area contributed by atoms with Crippen LogP contribution in [-0.2, 0) is 27.5 Å². The molecule has 0 spiro atoms. The molecule has 11 heteroatoms. The molecule has 2 aliphatic rings. The van der Waals surface area contributed by atoms with Crippen LogP contribution in [0.15, 0.2) is 47.5 Å². The maximum absolute atomic E-state index is 14.0. The van der Waals surface area contributed by atoms with E-state index in [4.69, 9.17) is 4.74 Å². The van der Waals surface area contributed by atoms with Gasteiger partial charge < -0.3 is 19.5 Å². The van der Waals surface area contributed by atoms with Crippen molar-refractivity contribution in [2.24, 2.45) is 5.41 Å². The van der Waals surface area contributed by atoms with Crippen molar-refractivity contribution in [2.75, 3.05) is 12.4 Å². The topological polar surface area (TPSA) is 119 Å². The molecule has 1 saturated heterocycles. The third-order valence-electron chi connectivity index (χ3n) is 8.67. The summed E-state index contributed by atoms with van der Waals surface area (Å²) in [5.41, 5.74) is 4.68. The molecule has 0 bridgehead atoms. The Bertz CT molecular complexity index is 1780. The average molecular weight is 646 g/mol. The van der Waals surface area contributed by atoms with E-state index in [9.17, 15) is 14.4 Å². The van der Waals surface area contributed by atoms with Crippen LogP contribution in [0.1, 0.15) is 54.0 Å². The fourth-order valence-corrected chi connectivity index (χ4v) is 6.71. The lowest BCUT2D eigenvalue weighted by atomic mass is 10.0. The summed E-state index contributed by atoms with van der Waals surface area (Å²) in [6.45, 7) is 7.76. The molecular formula is C32H33BrN6O4. The van der Waals surface area contributed by atoms with E-state index in [-0.39, 0.29) is 35.6 Å². The molecule has 4 aromatic rings. The van der Waals surface area contributed by atoms with E-state index < -0.39 is 6.04 Å². The van der Waals surface area contributed by atoms with Gasteiger partial charge in [0.1, 0.15) is 28.8 Å². The fraction of sp³-hybridized carbons (Fsp3) is 0.375. The van der Waals surface area contributed by atoms with E-state index in [1.807, 2.05) is 36.6 Å². The number of amides is 2. The van der Waals surface area contributed by atoms with Crippen LogP contribution in [0.5, 0.6) is 0 Å². The zero-order chi connectivity index (χ0) is 30.6. The number of nitrogens with one attached hydrogen (secondary N) is 1. The number of carbonyl (C=O) groups excluding carboxylic acids is 3. The minimum atomic E-state index is -0.629. The first-order valence-electron chi connectivity index (χ1n) is 14.2. The Morgan fingerprint density at radius 2 is 1.86 bits per heavy atom. The van der Waals surface area contributed by atoms with Gasteiger partial charge in [0.25, 0.3) is 0 Å². The number of halogens is 1. The lowest BCUT2D eigenvalue weighted by molar-refractivity contribution is -0.138. The Morgan fingerprint density at radius 1 is 1.12 bits per heavy atom. The monoisotopic (exact) mass is 644 g/mol. The summed E-state index contributed by atoms with van der Waals surface area (Å²) in [6.07, 6.45) is 6.73. The maximum atomic E-state index is 14.0. The maximum Gasteiger partial charge on any atom is 0.248 e. The van der Waals surface area contributed by atoms with Gasteiger partial charge in [-0.15, -0.1) is 0 Å². The summed E-state index contributed by atoms with van der Waals surface area (Å²) in [4.78, 5) is 55.2. The third kappa shape index (κ3) is 5.36. The Kier molecular flexibility index (Phi) is 7.42. The number of benzene rings is 1. The molecule has 3 atom stereocenters. The molecule has 6 rings (SSSR count). The number of piperidine rings is 1. The number of ketones is 1. The largest absolute Gasteiger partial charge is 0.380 e. The van der Waals surface area contributed by atoms with Gasteiger partial charge >= 0.3 is 0 Å². The Balaban J connectivity index is 1.31. The van der Waals surface area contributed by atoms with Crippen molar-refractivity contribution in [1.29, 1.82) is 0 Å². The summed E-state index contributed by atoms with van der Waals surface area (Å²) >= 11 is 3.38. The highest BCUT2D eigenvalue weighted by Gasteiger charge is 2.64. The molecule has 43 heavy (non-hydrogen) atoms. The molecule has 2 amide bonds. The molecule has 1 aliphatic heterocycles. The number of rotatable bonds is 8. The minimum Gasteiger partial charge on any atom is -0.380 e. The van der Waals surface area contributed by atoms with Gasteiger partial charge in [-0.3, -0.25) is 14.4 Å². The number of hydrogen-bond acceptors (Lipinski definition) is 7. The molecule has 0 unspecified atom stereocenters. The van der Waals surface area contributed by atoms with Gasteiger partial charge in [-0.1, -0.05) is 13.0 Å². The number of fused-ring (bicyclic) bond motifs is 2. The SMILES string of the molecule is COCc1ccc(Br)nc1NC(=O)[C@@H]1C[C@@]2(C)C[C@H]2N1C(=O)Cn1cc(C(C)=O)c2cc(-c3cnc(C)nc3)cc(C)c21. The van der Waals surface area contributed by atoms with E-state index in [0.29, 0.717) is 34.8 Å². The van der Waals surface area contributed by atoms with E-state index in [1.165, 1.54) is 6.92 Å². The summed E-state index contributed by atoms with van der Waals surface area (Å²) in [6, 6.07) is 6.98. The molecule has 1 aliphatic carbocycles. The quantitative estimate of drug-likeness (QED) is 0.206. The Labute approximate surface area is 258 Å². The summed E-state index contributed by atoms with van der Waals surface area (Å²) in [7, 11) is 1.58. The standard InChI is InChI=1S/C32H33BrN6O4/c1-17-8-21(22-12-34-19(3)35-13-22)9-23-24(18(2)40)14-38(29(17)23)15-28(41)39-25(10-32(4)11-26(32)39)31(42)37-30-20(16-43-5)6-7-27(33)36-30/h6-9,12-14,25-26H,10-11,15-16H2,1-5H3,(H,36,37,42)/t25-,26+,32-/m0/s1. The molecule has 3 aromatic heterocycles. The third-order valence-corrected chi connectivity index (χ3v) is 9.12. The van der Waals surface area contributed by atoms with Crippen molar-refractivity contribution in [2.45, 2.75) is 65.8 Å². The number of anilines is 1. The van der Waals surface area contributed by atoms with E-state index in [1.54, 1.807) is 36.7 Å². The number of pyridine rings is 1. The fourth-order valence-electron chi connectivity index (χ4n) is 6.40. The molecule has 1 saturated carbocycles. The minimum absolute atomic E-state index is 0.00648. The molecular weight excluding hydrogens is 612 g/mol. The van der Waals surface area contributed by atoms with Gasteiger partial charge in [0, 0.05) is 53.8 Å². The highest BCUT2D eigenvalue weighted by molar-refractivity contribution is 9.10. The molecule has 1 aromatic carbocycles. The molecule has 2 fully saturated rings. The van der Waals surface area contributed by atoms with Crippen LogP contribution in [0, 0.1) is 19.3 Å². The average Bonchev–Trinajstić information content (AvgIpc) is 3.31. The van der Waals surface area contributed by atoms with Crippen molar-refractivity contribution < 1.29 is 19.1 Å². The van der Waals surface area contributed by atoms with E-state index in [0.717, 1.165) is 39.6 Å². The first kappa shape index (κ1) is 29.1. The number of ether oxygens (including phenoxy) is 1. The van der Waals surface area contributed by atoms with Gasteiger partial charge in [-0.25, -0.2) is 15.0 Å². The van der Waals surface area contributed by atoms with Gasteiger partial charge in [0.2, 0.25) is 11.8 Å². The van der Waals surface area contributed by atoms with Crippen molar-refractivity contribution in [3.05, 3.63) is 70.0 Å². The van der Waals surface area contributed by atoms with Crippen molar-refractivity contribution >= 4 is 50.2 Å². The summed E-state index contributed by atoms with van der Waals surface area (Å²) in [5, 5.41) is 3.73. The Hall–Kier alpha value is -3.96. The lowest BCUT2D eigenvalue weighted by Gasteiger charge is -2.27. The number of nitrogens with zero attached hydrogens (tertiary/aromatic N) is 5. The van der Waals surface area contributed by atoms with Crippen LogP contribution in [0.2, 0.25) is 0 Å². The smallest absolute Gasteiger partial charge is 0.248 e. The van der Waals surface area contributed by atoms with Crippen LogP contribution in [0.25, 0.3) is 22.0 Å². The number of aromatic nitrogens is 4. The molecule has 10 nitrogen and oxygen atoms in total. The first-order valence-corrected chi connectivity index (χ1v) is 15.0. The highest BCUT2D eigenvalue weighted by Crippen LogP contribution is 2.59. The Morgan fingerprint density at radius 3 is 2.56 bits per heavy atom. The van der Waals surface area contributed by atoms with Crippen LogP contribution < -0.4 is 5.32 Å². The van der Waals surface area contributed by atoms with Crippen LogP contribution >= 0.6 is 15.9 Å². The lowest BCUT2D eigenvalue weighted by Crippen LogP contribution is -2.46. The molecule has 1 N–H and O–H groups in total. The van der Waals surface area contributed by atoms with Crippen molar-refractivity contribution in [3.8, 4) is 11.1 Å². The van der Waals surface area contributed by atoms with Crippen LogP contribution in [0.3, 0.4) is 0 Å². The van der Waals surface area contributed by atoms with Crippen molar-refractivity contribution in [1.82, 2.24) is 24.4 Å². The van der Waals surface area contributed by atoms with Gasteiger partial charge in [0.15, 0.2) is 5.78 Å². The zero-order valence-electron chi connectivity index (χ0n) is 24.8. The van der Waals surface area contributed by atoms with Gasteiger partial charge in [-0.2, -0.15) is 0 Å².